The fourth-order valence-electron chi connectivity index (χ4n) is 8.00. The third kappa shape index (κ3) is 9.14. The highest BCUT2D eigenvalue weighted by Gasteiger charge is 2.70. The van der Waals surface area contributed by atoms with E-state index < -0.39 is 112 Å². The number of rotatable bonds is 16. The van der Waals surface area contributed by atoms with Crippen LogP contribution in [0.15, 0.2) is 24.3 Å². The Morgan fingerprint density at radius 2 is 1.77 bits per heavy atom. The van der Waals surface area contributed by atoms with Crippen molar-refractivity contribution >= 4 is 56.4 Å². The van der Waals surface area contributed by atoms with Crippen LogP contribution >= 0.6 is 11.6 Å². The lowest BCUT2D eigenvalue weighted by molar-refractivity contribution is -0.209. The van der Waals surface area contributed by atoms with Crippen LogP contribution in [0.25, 0.3) is 10.9 Å². The van der Waals surface area contributed by atoms with Crippen molar-refractivity contribution in [3.8, 4) is 11.6 Å². The van der Waals surface area contributed by atoms with Crippen molar-refractivity contribution in [1.82, 2.24) is 14.6 Å². The van der Waals surface area contributed by atoms with Crippen LogP contribution in [-0.2, 0) is 38.4 Å². The number of para-hydroxylation sites is 1. The van der Waals surface area contributed by atoms with Gasteiger partial charge >= 0.3 is 22.4 Å². The van der Waals surface area contributed by atoms with E-state index in [4.69, 9.17) is 30.0 Å². The van der Waals surface area contributed by atoms with Crippen LogP contribution < -0.4 is 14.2 Å². The van der Waals surface area contributed by atoms with E-state index in [1.165, 1.54) is 6.07 Å². The zero-order valence-corrected chi connectivity index (χ0v) is 34.4. The predicted octanol–water partition coefficient (Wildman–Crippen LogP) is 6.63. The normalized spacial score (nSPS) is 25.4. The first-order valence-corrected chi connectivity index (χ1v) is 21.0. The number of benzene rings is 1. The van der Waals surface area contributed by atoms with Crippen molar-refractivity contribution in [2.45, 2.75) is 129 Å². The van der Waals surface area contributed by atoms with E-state index in [-0.39, 0.29) is 37.6 Å². The molecule has 3 saturated carbocycles. The Labute approximate surface area is 334 Å². The number of esters is 1. The average molecular weight is 844 g/mol. The van der Waals surface area contributed by atoms with Gasteiger partial charge in [-0.05, 0) is 84.8 Å². The van der Waals surface area contributed by atoms with Gasteiger partial charge in [-0.15, -0.1) is 0 Å². The Morgan fingerprint density at radius 3 is 2.33 bits per heavy atom. The van der Waals surface area contributed by atoms with Crippen LogP contribution in [0.4, 0.5) is 13.2 Å². The maximum absolute atomic E-state index is 14.8. The fourth-order valence-corrected chi connectivity index (χ4v) is 9.39. The standard InChI is InChI=1S/C39H49ClF3N3O10S/c1-7-22-19-37(22,34(50)45-57(51,52)56-36(6)12-13-36)20-28(47)27-16-23(54-29-18-30(53-8-2)44-32-24(29)10-9-11-26(32)40)21-46(27)33(49)25(17-31(48)55-35(3,4)5)38(14-15-38)39(41,42)43/h9-11,18,22-23,25,27H,7-8,12-17,19-21H2,1-6H3,(H,45,50)/t22-,23-,25?,27+,37-/m1/s1. The van der Waals surface area contributed by atoms with Gasteiger partial charge in [0.25, 0.3) is 0 Å². The van der Waals surface area contributed by atoms with Crippen LogP contribution in [0, 0.1) is 22.7 Å². The van der Waals surface area contributed by atoms with Crippen LogP contribution in [0.1, 0.15) is 99.3 Å². The van der Waals surface area contributed by atoms with E-state index >= 15 is 0 Å². The third-order valence-corrected chi connectivity index (χ3v) is 12.9. The summed E-state index contributed by atoms with van der Waals surface area (Å²) in [5, 5.41) is 0.762. The second kappa shape index (κ2) is 15.2. The van der Waals surface area contributed by atoms with E-state index in [1.807, 2.05) is 4.72 Å². The molecular formula is C39H49ClF3N3O10S. The van der Waals surface area contributed by atoms with Crippen molar-refractivity contribution in [1.29, 1.82) is 0 Å². The number of carbonyl (C=O) groups is 4. The van der Waals surface area contributed by atoms with Gasteiger partial charge in [0.2, 0.25) is 17.7 Å². The molecule has 1 N–H and O–H groups in total. The van der Waals surface area contributed by atoms with Crippen LogP contribution in [0.2, 0.25) is 5.02 Å². The molecule has 3 aliphatic carbocycles. The summed E-state index contributed by atoms with van der Waals surface area (Å²) in [6.07, 6.45) is -6.65. The van der Waals surface area contributed by atoms with E-state index in [0.717, 1.165) is 4.90 Å². The van der Waals surface area contributed by atoms with Crippen molar-refractivity contribution in [3.63, 3.8) is 0 Å². The smallest absolute Gasteiger partial charge is 0.395 e. The van der Waals surface area contributed by atoms with Gasteiger partial charge in [-0.25, -0.2) is 13.9 Å². The lowest BCUT2D eigenvalue weighted by atomic mass is 9.83. The topological polar surface area (TPSA) is 167 Å². The van der Waals surface area contributed by atoms with Gasteiger partial charge < -0.3 is 19.1 Å². The minimum absolute atomic E-state index is 0.164. The second-order valence-corrected chi connectivity index (χ2v) is 18.7. The molecule has 1 aromatic heterocycles. The maximum atomic E-state index is 14.8. The minimum atomic E-state index is -4.86. The Hall–Kier alpha value is -3.70. The molecule has 314 valence electrons. The number of halogens is 4. The Morgan fingerprint density at radius 1 is 1.09 bits per heavy atom. The molecule has 2 heterocycles. The van der Waals surface area contributed by atoms with Gasteiger partial charge in [0.15, 0.2) is 5.78 Å². The van der Waals surface area contributed by atoms with Crippen LogP contribution in [0.5, 0.6) is 11.6 Å². The van der Waals surface area contributed by atoms with Crippen LogP contribution in [0.3, 0.4) is 0 Å². The molecule has 2 aromatic rings. The molecule has 0 bridgehead atoms. The van der Waals surface area contributed by atoms with Gasteiger partial charge in [-0.1, -0.05) is 31.0 Å². The number of pyridine rings is 1. The van der Waals surface area contributed by atoms with E-state index in [2.05, 4.69) is 4.98 Å². The number of likely N-dealkylation sites (tertiary alicyclic amines) is 1. The number of carbonyl (C=O) groups excluding carboxylic acids is 4. The summed E-state index contributed by atoms with van der Waals surface area (Å²) >= 11 is 6.46. The highest BCUT2D eigenvalue weighted by Crippen LogP contribution is 2.64. The molecular weight excluding hydrogens is 795 g/mol. The minimum Gasteiger partial charge on any atom is -0.488 e. The van der Waals surface area contributed by atoms with E-state index in [9.17, 15) is 40.8 Å². The lowest BCUT2D eigenvalue weighted by Crippen LogP contribution is -2.50. The van der Waals surface area contributed by atoms with E-state index in [1.54, 1.807) is 59.7 Å². The number of aromatic nitrogens is 1. The summed E-state index contributed by atoms with van der Waals surface area (Å²) in [4.78, 5) is 61.4. The van der Waals surface area contributed by atoms with Crippen molar-refractivity contribution in [3.05, 3.63) is 29.3 Å². The average Bonchev–Trinajstić information content (AvgIpc) is 4.04. The molecule has 1 aliphatic heterocycles. The summed E-state index contributed by atoms with van der Waals surface area (Å²) < 4.78 is 94.6. The number of hydrogen-bond acceptors (Lipinski definition) is 11. The number of nitrogens with one attached hydrogen (secondary N) is 1. The number of nitrogens with zero attached hydrogens (tertiary/aromatic N) is 2. The molecule has 13 nitrogen and oxygen atoms in total. The quantitative estimate of drug-likeness (QED) is 0.180. The number of alkyl halides is 3. The summed E-state index contributed by atoms with van der Waals surface area (Å²) in [7, 11) is -4.53. The highest BCUT2D eigenvalue weighted by atomic mass is 35.5. The molecule has 0 spiro atoms. The summed E-state index contributed by atoms with van der Waals surface area (Å²) in [6, 6.07) is 5.11. The second-order valence-electron chi connectivity index (χ2n) is 17.0. The Bertz CT molecular complexity index is 2050. The zero-order chi connectivity index (χ0) is 41.9. The molecule has 2 amide bonds. The van der Waals surface area contributed by atoms with Crippen molar-refractivity contribution in [2.75, 3.05) is 13.2 Å². The number of ether oxygens (including phenoxy) is 3. The summed E-state index contributed by atoms with van der Waals surface area (Å²) in [6.45, 7) is 9.70. The SMILES string of the molecule is CCOc1cc(O[C@@H]2C[C@@H](C(=O)C[C@]3(C(=O)NS(=O)(=O)OC4(C)CC4)C[C@H]3CC)N(C(=O)C(CC(=O)OC(C)(C)C)C3(C(F)(F)F)CC3)C2)c2cccc(Cl)c2n1. The molecule has 1 saturated heterocycles. The maximum Gasteiger partial charge on any atom is 0.395 e. The fraction of sp³-hybridized carbons (Fsp3) is 0.667. The largest absolute Gasteiger partial charge is 0.488 e. The number of amides is 2. The van der Waals surface area contributed by atoms with Crippen LogP contribution in [-0.4, -0.2) is 84.5 Å². The number of Topliss-reactive ketones (excluding diaryl/α,β-unsaturated/α-hetero) is 1. The molecule has 0 radical (unpaired) electrons. The molecule has 57 heavy (non-hydrogen) atoms. The molecule has 4 fully saturated rings. The first kappa shape index (κ1) is 42.9. The molecule has 5 atom stereocenters. The molecule has 4 aliphatic rings. The molecule has 18 heteroatoms. The molecule has 1 aromatic carbocycles. The van der Waals surface area contributed by atoms with Crippen molar-refractivity contribution < 1.29 is 59.2 Å². The lowest BCUT2D eigenvalue weighted by Gasteiger charge is -2.34. The summed E-state index contributed by atoms with van der Waals surface area (Å²) in [5.41, 5.74) is -5.62. The van der Waals surface area contributed by atoms with E-state index in [0.29, 0.717) is 35.2 Å². The monoisotopic (exact) mass is 843 g/mol. The highest BCUT2D eigenvalue weighted by molar-refractivity contribution is 7.85. The first-order valence-electron chi connectivity index (χ1n) is 19.2. The van der Waals surface area contributed by atoms with Gasteiger partial charge in [0.1, 0.15) is 17.5 Å². The Kier molecular flexibility index (Phi) is 11.4. The number of hydrogen-bond donors (Lipinski definition) is 1. The molecule has 6 rings (SSSR count). The summed E-state index contributed by atoms with van der Waals surface area (Å²) in [5.74, 6) is -5.59. The van der Waals surface area contributed by atoms with Crippen molar-refractivity contribution in [2.24, 2.45) is 22.7 Å². The predicted molar refractivity (Wildman–Crippen MR) is 200 cm³/mol. The Balaban J connectivity index is 1.34. The zero-order valence-electron chi connectivity index (χ0n) is 32.8. The third-order valence-electron chi connectivity index (χ3n) is 11.5. The van der Waals surface area contributed by atoms with Gasteiger partial charge in [-0.3, -0.25) is 19.2 Å². The number of ketones is 1. The van der Waals surface area contributed by atoms with Gasteiger partial charge in [0.05, 0.1) is 58.5 Å². The van der Waals surface area contributed by atoms with Gasteiger partial charge in [0, 0.05) is 24.3 Å². The molecule has 1 unspecified atom stereocenters. The number of fused-ring (bicyclic) bond motifs is 1. The van der Waals surface area contributed by atoms with Gasteiger partial charge in [-0.2, -0.15) is 21.6 Å². The first-order chi connectivity index (χ1) is 26.5.